The van der Waals surface area contributed by atoms with Crippen molar-refractivity contribution >= 4 is 50.7 Å². The molecule has 10 nitrogen and oxygen atoms in total. The molecule has 0 aliphatic rings. The second-order valence-corrected chi connectivity index (χ2v) is 11.0. The molecule has 0 unspecified atom stereocenters. The largest absolute Gasteiger partial charge is 0.363 e. The summed E-state index contributed by atoms with van der Waals surface area (Å²) in [6, 6.07) is 17.9. The normalized spacial score (nSPS) is 11.1. The zero-order chi connectivity index (χ0) is 28.7. The minimum Gasteiger partial charge on any atom is -0.363 e. The number of carbonyl (C=O) groups excluding carboxylic acids is 2. The second-order valence-electron chi connectivity index (χ2n) is 8.40. The quantitative estimate of drug-likeness (QED) is 0.250. The van der Waals surface area contributed by atoms with Gasteiger partial charge < -0.3 is 10.2 Å². The SMILES string of the molecule is CCCN(C(=O)CNC(=O)c1ccc(S(=O)(=O)N(Oc2ccc(Cl)cc2Cl)c2ccccc2)cc1)n1ccnc1. The van der Waals surface area contributed by atoms with Crippen molar-refractivity contribution in [3.05, 3.63) is 107 Å². The first-order valence-electron chi connectivity index (χ1n) is 12.1. The van der Waals surface area contributed by atoms with Gasteiger partial charge in [0, 0.05) is 29.5 Å². The highest BCUT2D eigenvalue weighted by molar-refractivity contribution is 7.92. The number of aromatic nitrogens is 2. The topological polar surface area (TPSA) is 114 Å². The Balaban J connectivity index is 1.51. The van der Waals surface area contributed by atoms with Gasteiger partial charge in [0.15, 0.2) is 5.75 Å². The van der Waals surface area contributed by atoms with Gasteiger partial charge in [-0.05, 0) is 61.0 Å². The molecule has 4 rings (SSSR count). The first kappa shape index (κ1) is 28.9. The lowest BCUT2D eigenvalue weighted by Crippen LogP contribution is -2.46. The third-order valence-corrected chi connectivity index (χ3v) is 7.69. The van der Waals surface area contributed by atoms with Gasteiger partial charge in [-0.2, -0.15) is 8.42 Å². The van der Waals surface area contributed by atoms with Crippen LogP contribution in [0.15, 0.2) is 96.4 Å². The van der Waals surface area contributed by atoms with Crippen molar-refractivity contribution < 1.29 is 22.8 Å². The molecule has 0 saturated heterocycles. The Morgan fingerprint density at radius 1 is 1.02 bits per heavy atom. The van der Waals surface area contributed by atoms with Gasteiger partial charge in [0.2, 0.25) is 0 Å². The van der Waals surface area contributed by atoms with Crippen LogP contribution in [0, 0.1) is 0 Å². The molecule has 0 spiro atoms. The number of carbonyl (C=O) groups is 2. The highest BCUT2D eigenvalue weighted by atomic mass is 35.5. The summed E-state index contributed by atoms with van der Waals surface area (Å²) in [5, 5.41) is 4.53. The lowest BCUT2D eigenvalue weighted by molar-refractivity contribution is -0.119. The number of para-hydroxylation sites is 1. The summed E-state index contributed by atoms with van der Waals surface area (Å²) >= 11 is 12.2. The minimum absolute atomic E-state index is 0.0759. The van der Waals surface area contributed by atoms with Gasteiger partial charge in [0.05, 0.1) is 22.2 Å². The van der Waals surface area contributed by atoms with Crippen molar-refractivity contribution in [2.45, 2.75) is 18.2 Å². The lowest BCUT2D eigenvalue weighted by Gasteiger charge is -2.24. The maximum absolute atomic E-state index is 13.6. The van der Waals surface area contributed by atoms with Crippen LogP contribution in [-0.2, 0) is 14.8 Å². The number of hydrogen-bond acceptors (Lipinski definition) is 6. The van der Waals surface area contributed by atoms with Crippen LogP contribution in [0.25, 0.3) is 0 Å². The Bertz CT molecular complexity index is 1570. The highest BCUT2D eigenvalue weighted by Crippen LogP contribution is 2.32. The number of rotatable bonds is 11. The summed E-state index contributed by atoms with van der Waals surface area (Å²) in [5.41, 5.74) is 0.396. The molecule has 0 saturated carbocycles. The summed E-state index contributed by atoms with van der Waals surface area (Å²) < 4.78 is 29.6. The van der Waals surface area contributed by atoms with E-state index in [-0.39, 0.29) is 39.4 Å². The number of nitrogens with zero attached hydrogens (tertiary/aromatic N) is 4. The van der Waals surface area contributed by atoms with Crippen molar-refractivity contribution in [3.63, 3.8) is 0 Å². The summed E-state index contributed by atoms with van der Waals surface area (Å²) in [6.07, 6.45) is 5.40. The first-order valence-corrected chi connectivity index (χ1v) is 14.3. The molecule has 13 heteroatoms. The first-order chi connectivity index (χ1) is 19.2. The molecule has 3 aromatic carbocycles. The molecule has 0 bridgehead atoms. The smallest absolute Gasteiger partial charge is 0.295 e. The van der Waals surface area contributed by atoms with Crippen LogP contribution in [0.5, 0.6) is 5.75 Å². The maximum atomic E-state index is 13.6. The van der Waals surface area contributed by atoms with E-state index in [4.69, 9.17) is 28.0 Å². The van der Waals surface area contributed by atoms with E-state index in [0.717, 1.165) is 4.47 Å². The van der Waals surface area contributed by atoms with E-state index < -0.39 is 15.9 Å². The fraction of sp³-hybridized carbons (Fsp3) is 0.148. The van der Waals surface area contributed by atoms with Gasteiger partial charge in [-0.1, -0.05) is 52.8 Å². The van der Waals surface area contributed by atoms with Crippen LogP contribution < -0.4 is 19.6 Å². The van der Waals surface area contributed by atoms with E-state index in [1.54, 1.807) is 47.4 Å². The average Bonchev–Trinajstić information content (AvgIpc) is 3.49. The molecule has 0 radical (unpaired) electrons. The van der Waals surface area contributed by atoms with E-state index in [0.29, 0.717) is 18.0 Å². The third kappa shape index (κ3) is 6.74. The van der Waals surface area contributed by atoms with Crippen LogP contribution in [0.1, 0.15) is 23.7 Å². The van der Waals surface area contributed by atoms with Crippen molar-refractivity contribution in [3.8, 4) is 5.75 Å². The van der Waals surface area contributed by atoms with Crippen LogP contribution in [0.2, 0.25) is 10.0 Å². The molecule has 208 valence electrons. The van der Waals surface area contributed by atoms with Crippen molar-refractivity contribution in [1.82, 2.24) is 15.0 Å². The number of benzene rings is 3. The predicted octanol–water partition coefficient (Wildman–Crippen LogP) is 4.68. The number of imidazole rings is 1. The third-order valence-electron chi connectivity index (χ3n) is 5.57. The summed E-state index contributed by atoms with van der Waals surface area (Å²) in [4.78, 5) is 35.0. The van der Waals surface area contributed by atoms with Gasteiger partial charge in [0.25, 0.3) is 21.8 Å². The monoisotopic (exact) mass is 601 g/mol. The second kappa shape index (κ2) is 12.9. The van der Waals surface area contributed by atoms with Gasteiger partial charge in [-0.25, -0.2) is 14.7 Å². The number of halogens is 2. The average molecular weight is 603 g/mol. The molecule has 0 aliphatic carbocycles. The fourth-order valence-corrected chi connectivity index (χ4v) is 5.32. The van der Waals surface area contributed by atoms with E-state index in [1.807, 2.05) is 6.92 Å². The standard InChI is InChI=1S/C27H25Cl2N5O5S/c1-2-15-33(32-16-14-30-19-32)26(35)18-31-27(36)20-8-11-23(12-9-20)40(37,38)34(22-6-4-3-5-7-22)39-25-13-10-21(28)17-24(25)29/h3-14,16-17,19H,2,15,18H2,1H3,(H,31,36). The molecule has 2 amide bonds. The Hall–Kier alpha value is -4.06. The molecule has 0 fully saturated rings. The number of nitrogens with one attached hydrogen (secondary N) is 1. The lowest BCUT2D eigenvalue weighted by atomic mass is 10.2. The summed E-state index contributed by atoms with van der Waals surface area (Å²) in [5.74, 6) is -0.792. The van der Waals surface area contributed by atoms with Crippen LogP contribution in [0.3, 0.4) is 0 Å². The Morgan fingerprint density at radius 3 is 2.38 bits per heavy atom. The minimum atomic E-state index is -4.27. The van der Waals surface area contributed by atoms with E-state index in [9.17, 15) is 18.0 Å². The van der Waals surface area contributed by atoms with Crippen LogP contribution in [-0.4, -0.2) is 43.0 Å². The molecule has 0 aliphatic heterocycles. The molecular formula is C27H25Cl2N5O5S. The Kier molecular flexibility index (Phi) is 9.30. The number of anilines is 1. The zero-order valence-corrected chi connectivity index (χ0v) is 23.6. The Labute approximate surface area is 241 Å². The fourth-order valence-electron chi connectivity index (χ4n) is 3.63. The molecular weight excluding hydrogens is 577 g/mol. The van der Waals surface area contributed by atoms with E-state index in [2.05, 4.69) is 10.3 Å². The maximum Gasteiger partial charge on any atom is 0.295 e. The molecule has 1 aromatic heterocycles. The van der Waals surface area contributed by atoms with Crippen molar-refractivity contribution in [2.24, 2.45) is 0 Å². The molecule has 1 heterocycles. The van der Waals surface area contributed by atoms with Gasteiger partial charge >= 0.3 is 0 Å². The Morgan fingerprint density at radius 2 is 1.75 bits per heavy atom. The molecule has 40 heavy (non-hydrogen) atoms. The molecule has 4 aromatic rings. The summed E-state index contributed by atoms with van der Waals surface area (Å²) in [6.45, 7) is 2.12. The number of amides is 2. The van der Waals surface area contributed by atoms with Crippen molar-refractivity contribution in [1.29, 1.82) is 0 Å². The van der Waals surface area contributed by atoms with Crippen molar-refractivity contribution in [2.75, 3.05) is 22.6 Å². The summed E-state index contributed by atoms with van der Waals surface area (Å²) in [7, 11) is -4.27. The number of hydrogen-bond donors (Lipinski definition) is 1. The highest BCUT2D eigenvalue weighted by Gasteiger charge is 2.28. The molecule has 1 N–H and O–H groups in total. The number of sulfonamides is 1. The predicted molar refractivity (Wildman–Crippen MR) is 153 cm³/mol. The van der Waals surface area contributed by atoms with Crippen LogP contribution >= 0.6 is 23.2 Å². The van der Waals surface area contributed by atoms with Gasteiger partial charge in [0.1, 0.15) is 6.33 Å². The van der Waals surface area contributed by atoms with Gasteiger partial charge in [-0.15, -0.1) is 0 Å². The van der Waals surface area contributed by atoms with Gasteiger partial charge in [-0.3, -0.25) is 9.59 Å². The van der Waals surface area contributed by atoms with E-state index >= 15 is 0 Å². The zero-order valence-electron chi connectivity index (χ0n) is 21.3. The van der Waals surface area contributed by atoms with Crippen LogP contribution in [0.4, 0.5) is 5.69 Å². The molecule has 0 atom stereocenters. The van der Waals surface area contributed by atoms with E-state index in [1.165, 1.54) is 53.8 Å².